The zero-order valence-electron chi connectivity index (χ0n) is 10.9. The average Bonchev–Trinajstić information content (AvgIpc) is 2.44. The van der Waals surface area contributed by atoms with E-state index in [1.54, 1.807) is 7.05 Å². The molecule has 0 unspecified atom stereocenters. The molecule has 0 saturated carbocycles. The summed E-state index contributed by atoms with van der Waals surface area (Å²) in [6.45, 7) is -0.0841. The Hall–Kier alpha value is -2.09. The van der Waals surface area contributed by atoms with Crippen molar-refractivity contribution in [1.29, 1.82) is 0 Å². The minimum absolute atomic E-state index is 0.0547. The van der Waals surface area contributed by atoms with Crippen molar-refractivity contribution >= 4 is 23.5 Å². The molecule has 2 N–H and O–H groups in total. The summed E-state index contributed by atoms with van der Waals surface area (Å²) < 4.78 is 38.6. The van der Waals surface area contributed by atoms with E-state index in [1.807, 2.05) is 0 Å². The van der Waals surface area contributed by atoms with Gasteiger partial charge < -0.3 is 10.6 Å². The van der Waals surface area contributed by atoms with Crippen molar-refractivity contribution < 1.29 is 13.2 Å². The van der Waals surface area contributed by atoms with Crippen LogP contribution in [-0.4, -0.2) is 22.0 Å². The molecule has 0 aliphatic rings. The summed E-state index contributed by atoms with van der Waals surface area (Å²) in [6, 6.07) is 5.28. The van der Waals surface area contributed by atoms with Gasteiger partial charge in [0.2, 0.25) is 17.2 Å². The zero-order valence-corrected chi connectivity index (χ0v) is 11.6. The van der Waals surface area contributed by atoms with Gasteiger partial charge in [0.1, 0.15) is 0 Å². The van der Waals surface area contributed by atoms with E-state index < -0.39 is 11.7 Å². The first kappa shape index (κ1) is 15.3. The summed E-state index contributed by atoms with van der Waals surface area (Å²) in [7, 11) is 1.59. The van der Waals surface area contributed by atoms with Gasteiger partial charge in [0.05, 0.1) is 5.56 Å². The van der Waals surface area contributed by atoms with Gasteiger partial charge in [-0.1, -0.05) is 18.2 Å². The van der Waals surface area contributed by atoms with E-state index >= 15 is 0 Å². The molecule has 2 rings (SSSR count). The lowest BCUT2D eigenvalue weighted by atomic mass is 10.1. The number of halogens is 4. The predicted molar refractivity (Wildman–Crippen MR) is 73.2 cm³/mol. The van der Waals surface area contributed by atoms with E-state index in [2.05, 4.69) is 25.6 Å². The fourth-order valence-corrected chi connectivity index (χ4v) is 1.83. The number of hydrogen-bond acceptors (Lipinski definition) is 5. The van der Waals surface area contributed by atoms with Crippen molar-refractivity contribution in [2.24, 2.45) is 0 Å². The number of aromatic nitrogens is 3. The number of anilines is 2. The third kappa shape index (κ3) is 3.94. The highest BCUT2D eigenvalue weighted by molar-refractivity contribution is 6.28. The molecule has 0 aliphatic carbocycles. The number of rotatable bonds is 4. The van der Waals surface area contributed by atoms with Crippen LogP contribution >= 0.6 is 11.6 Å². The second-order valence-electron chi connectivity index (χ2n) is 4.01. The van der Waals surface area contributed by atoms with Crippen LogP contribution < -0.4 is 10.6 Å². The summed E-state index contributed by atoms with van der Waals surface area (Å²) in [4.78, 5) is 11.5. The maximum atomic E-state index is 12.9. The van der Waals surface area contributed by atoms with Crippen LogP contribution in [-0.2, 0) is 12.7 Å². The smallest absolute Gasteiger partial charge is 0.357 e. The van der Waals surface area contributed by atoms with Crippen molar-refractivity contribution in [3.63, 3.8) is 0 Å². The maximum Gasteiger partial charge on any atom is 0.416 e. The molecule has 21 heavy (non-hydrogen) atoms. The minimum Gasteiger partial charge on any atom is -0.357 e. The Balaban J connectivity index is 2.19. The van der Waals surface area contributed by atoms with Crippen molar-refractivity contribution in [3.8, 4) is 0 Å². The summed E-state index contributed by atoms with van der Waals surface area (Å²) >= 11 is 5.69. The number of alkyl halides is 3. The number of nitrogens with zero attached hydrogens (tertiary/aromatic N) is 3. The van der Waals surface area contributed by atoms with Gasteiger partial charge in [-0.25, -0.2) is 0 Å². The maximum absolute atomic E-state index is 12.9. The van der Waals surface area contributed by atoms with Crippen LogP contribution in [0, 0.1) is 0 Å². The SMILES string of the molecule is CNc1nc(Cl)nc(NCc2ccccc2C(F)(F)F)n1. The van der Waals surface area contributed by atoms with E-state index in [9.17, 15) is 13.2 Å². The van der Waals surface area contributed by atoms with Crippen LogP contribution in [0.15, 0.2) is 24.3 Å². The van der Waals surface area contributed by atoms with E-state index in [0.717, 1.165) is 6.07 Å². The monoisotopic (exact) mass is 317 g/mol. The van der Waals surface area contributed by atoms with Gasteiger partial charge in [-0.2, -0.15) is 28.1 Å². The quantitative estimate of drug-likeness (QED) is 0.906. The van der Waals surface area contributed by atoms with Crippen LogP contribution in [0.25, 0.3) is 0 Å². The summed E-state index contributed by atoms with van der Waals surface area (Å²) in [5.74, 6) is 0.318. The molecule has 5 nitrogen and oxygen atoms in total. The third-order valence-corrected chi connectivity index (χ3v) is 2.76. The molecule has 0 aliphatic heterocycles. The lowest BCUT2D eigenvalue weighted by molar-refractivity contribution is -0.138. The molecule has 1 aromatic carbocycles. The zero-order chi connectivity index (χ0) is 15.5. The van der Waals surface area contributed by atoms with Gasteiger partial charge in [0, 0.05) is 13.6 Å². The molecule has 0 spiro atoms. The number of benzene rings is 1. The Morgan fingerprint density at radius 3 is 2.43 bits per heavy atom. The first-order valence-corrected chi connectivity index (χ1v) is 6.26. The lowest BCUT2D eigenvalue weighted by Gasteiger charge is -2.13. The molecule has 0 saturated heterocycles. The first-order chi connectivity index (χ1) is 9.90. The molecule has 2 aromatic rings. The fourth-order valence-electron chi connectivity index (χ4n) is 1.67. The van der Waals surface area contributed by atoms with Crippen LogP contribution in [0.2, 0.25) is 5.28 Å². The Morgan fingerprint density at radius 1 is 1.10 bits per heavy atom. The molecule has 0 bridgehead atoms. The molecule has 1 aromatic heterocycles. The van der Waals surface area contributed by atoms with Crippen molar-refractivity contribution in [3.05, 3.63) is 40.7 Å². The second-order valence-corrected chi connectivity index (χ2v) is 4.35. The molecular formula is C12H11ClF3N5. The van der Waals surface area contributed by atoms with E-state index in [4.69, 9.17) is 11.6 Å². The molecule has 0 radical (unpaired) electrons. The minimum atomic E-state index is -4.41. The van der Waals surface area contributed by atoms with Crippen molar-refractivity contribution in [1.82, 2.24) is 15.0 Å². The Bertz CT molecular complexity index is 633. The normalized spacial score (nSPS) is 11.3. The Morgan fingerprint density at radius 2 is 1.76 bits per heavy atom. The third-order valence-electron chi connectivity index (χ3n) is 2.59. The van der Waals surface area contributed by atoms with Crippen LogP contribution in [0.1, 0.15) is 11.1 Å². The van der Waals surface area contributed by atoms with Gasteiger partial charge in [-0.15, -0.1) is 0 Å². The first-order valence-electron chi connectivity index (χ1n) is 5.88. The lowest BCUT2D eigenvalue weighted by Crippen LogP contribution is -2.13. The molecule has 1 heterocycles. The second kappa shape index (κ2) is 6.13. The van der Waals surface area contributed by atoms with Gasteiger partial charge in [0.25, 0.3) is 0 Å². The molecule has 0 atom stereocenters. The van der Waals surface area contributed by atoms with Gasteiger partial charge in [-0.05, 0) is 23.2 Å². The number of hydrogen-bond donors (Lipinski definition) is 2. The molecule has 112 valence electrons. The van der Waals surface area contributed by atoms with Gasteiger partial charge >= 0.3 is 6.18 Å². The van der Waals surface area contributed by atoms with Crippen LogP contribution in [0.5, 0.6) is 0 Å². The van der Waals surface area contributed by atoms with Gasteiger partial charge in [-0.3, -0.25) is 0 Å². The Kier molecular flexibility index (Phi) is 4.46. The van der Waals surface area contributed by atoms with E-state index in [0.29, 0.717) is 0 Å². The topological polar surface area (TPSA) is 62.7 Å². The van der Waals surface area contributed by atoms with Crippen LogP contribution in [0.4, 0.5) is 25.1 Å². The standard InChI is InChI=1S/C12H11ClF3N5/c1-17-10-19-9(13)20-11(21-10)18-6-7-4-2-3-5-8(7)12(14,15)16/h2-5H,6H2,1H3,(H2,17,18,19,20,21). The van der Waals surface area contributed by atoms with Gasteiger partial charge in [0.15, 0.2) is 0 Å². The molecular weight excluding hydrogens is 307 g/mol. The van der Waals surface area contributed by atoms with Crippen LogP contribution in [0.3, 0.4) is 0 Å². The summed E-state index contributed by atoms with van der Waals surface area (Å²) in [5.41, 5.74) is -0.612. The summed E-state index contributed by atoms with van der Waals surface area (Å²) in [5, 5.41) is 5.32. The Labute approximate surface area is 123 Å². The molecule has 0 fully saturated rings. The highest BCUT2D eigenvalue weighted by Crippen LogP contribution is 2.32. The molecule has 9 heteroatoms. The van der Waals surface area contributed by atoms with Crippen molar-refractivity contribution in [2.45, 2.75) is 12.7 Å². The van der Waals surface area contributed by atoms with Crippen molar-refractivity contribution in [2.75, 3.05) is 17.7 Å². The predicted octanol–water partition coefficient (Wildman–Crippen LogP) is 3.20. The van der Waals surface area contributed by atoms with E-state index in [-0.39, 0.29) is 29.3 Å². The highest BCUT2D eigenvalue weighted by Gasteiger charge is 2.32. The average molecular weight is 318 g/mol. The van der Waals surface area contributed by atoms with E-state index in [1.165, 1.54) is 18.2 Å². The largest absolute Gasteiger partial charge is 0.416 e. The summed E-state index contributed by atoms with van der Waals surface area (Å²) in [6.07, 6.45) is -4.41. The molecule has 0 amide bonds. The fraction of sp³-hybridized carbons (Fsp3) is 0.250. The highest BCUT2D eigenvalue weighted by atomic mass is 35.5. The number of nitrogens with one attached hydrogen (secondary N) is 2.